The van der Waals surface area contributed by atoms with Gasteiger partial charge in [-0.15, -0.1) is 16.4 Å². The molecule has 5 nitrogen and oxygen atoms in total. The Bertz CT molecular complexity index is 685. The lowest BCUT2D eigenvalue weighted by atomic mass is 10.4. The van der Waals surface area contributed by atoms with Gasteiger partial charge in [0.2, 0.25) is 5.95 Å². The molecule has 0 aliphatic rings. The van der Waals surface area contributed by atoms with Crippen LogP contribution in [0, 0.1) is 13.8 Å². The van der Waals surface area contributed by atoms with E-state index in [4.69, 9.17) is 0 Å². The summed E-state index contributed by atoms with van der Waals surface area (Å²) < 4.78 is 1.83. The number of hydrogen-bond acceptors (Lipinski definition) is 5. The summed E-state index contributed by atoms with van der Waals surface area (Å²) in [5, 5.41) is 8.71. The van der Waals surface area contributed by atoms with Crippen molar-refractivity contribution in [2.24, 2.45) is 0 Å². The van der Waals surface area contributed by atoms with E-state index < -0.39 is 0 Å². The van der Waals surface area contributed by atoms with E-state index in [0.29, 0.717) is 12.5 Å². The monoisotopic (exact) mass is 259 g/mol. The Morgan fingerprint density at radius 3 is 2.94 bits per heavy atom. The average Bonchev–Trinajstić information content (AvgIpc) is 2.93. The summed E-state index contributed by atoms with van der Waals surface area (Å²) in [7, 11) is 0. The third-order valence-electron chi connectivity index (χ3n) is 2.64. The fourth-order valence-electron chi connectivity index (χ4n) is 1.76. The molecule has 1 N–H and O–H groups in total. The number of aryl methyl sites for hydroxylation is 2. The summed E-state index contributed by atoms with van der Waals surface area (Å²) in [5.74, 6) is 0.648. The Labute approximate surface area is 109 Å². The number of hydrogen-bond donors (Lipinski definition) is 1. The molecule has 0 aliphatic heterocycles. The Morgan fingerprint density at radius 2 is 2.22 bits per heavy atom. The molecule has 3 aromatic heterocycles. The third kappa shape index (κ3) is 2.06. The van der Waals surface area contributed by atoms with Crippen LogP contribution in [0.4, 0.5) is 5.95 Å². The molecule has 0 spiro atoms. The standard InChI is InChI=1S/C12H13N5S/c1-8-4-3-5-11-15-12(16-17(8)11)14-7-10-6-13-9(2)18-10/h3-6H,7H2,1-2H3,(H,14,16). The van der Waals surface area contributed by atoms with Crippen molar-refractivity contribution in [2.45, 2.75) is 20.4 Å². The minimum absolute atomic E-state index is 0.648. The van der Waals surface area contributed by atoms with Crippen molar-refractivity contribution in [3.63, 3.8) is 0 Å². The fraction of sp³-hybridized carbons (Fsp3) is 0.250. The molecule has 0 saturated carbocycles. The zero-order valence-electron chi connectivity index (χ0n) is 10.2. The van der Waals surface area contributed by atoms with E-state index in [1.54, 1.807) is 11.3 Å². The van der Waals surface area contributed by atoms with E-state index in [-0.39, 0.29) is 0 Å². The number of thiazole rings is 1. The molecule has 0 unspecified atom stereocenters. The van der Waals surface area contributed by atoms with Gasteiger partial charge < -0.3 is 5.32 Å². The van der Waals surface area contributed by atoms with Crippen molar-refractivity contribution in [3.05, 3.63) is 40.0 Å². The van der Waals surface area contributed by atoms with Crippen LogP contribution >= 0.6 is 11.3 Å². The topological polar surface area (TPSA) is 55.1 Å². The molecular formula is C12H13N5S. The SMILES string of the molecule is Cc1ncc(CNc2nc3cccc(C)n3n2)s1. The largest absolute Gasteiger partial charge is 0.348 e. The van der Waals surface area contributed by atoms with Gasteiger partial charge in [-0.05, 0) is 26.0 Å². The highest BCUT2D eigenvalue weighted by molar-refractivity contribution is 7.11. The van der Waals surface area contributed by atoms with Gasteiger partial charge in [0.05, 0.1) is 11.6 Å². The highest BCUT2D eigenvalue weighted by Gasteiger charge is 2.05. The van der Waals surface area contributed by atoms with Crippen molar-refractivity contribution in [2.75, 3.05) is 5.32 Å². The molecule has 18 heavy (non-hydrogen) atoms. The Hall–Kier alpha value is -1.95. The normalized spacial score (nSPS) is 11.0. The number of nitrogens with one attached hydrogen (secondary N) is 1. The number of nitrogens with zero attached hydrogens (tertiary/aromatic N) is 4. The van der Waals surface area contributed by atoms with Gasteiger partial charge in [-0.3, -0.25) is 0 Å². The van der Waals surface area contributed by atoms with Crippen molar-refractivity contribution >= 4 is 22.9 Å². The first kappa shape index (κ1) is 11.2. The molecular weight excluding hydrogens is 246 g/mol. The second-order valence-corrected chi connectivity index (χ2v) is 5.39. The molecule has 0 radical (unpaired) electrons. The summed E-state index contributed by atoms with van der Waals surface area (Å²) in [6.45, 7) is 4.72. The van der Waals surface area contributed by atoms with Crippen molar-refractivity contribution < 1.29 is 0 Å². The Morgan fingerprint density at radius 1 is 1.33 bits per heavy atom. The van der Waals surface area contributed by atoms with E-state index in [2.05, 4.69) is 20.4 Å². The van der Waals surface area contributed by atoms with Crippen molar-refractivity contribution in [1.82, 2.24) is 19.6 Å². The maximum atomic E-state index is 4.42. The van der Waals surface area contributed by atoms with Gasteiger partial charge in [-0.1, -0.05) is 6.07 Å². The van der Waals surface area contributed by atoms with Crippen LogP contribution in [0.15, 0.2) is 24.4 Å². The van der Waals surface area contributed by atoms with E-state index >= 15 is 0 Å². The van der Waals surface area contributed by atoms with E-state index in [0.717, 1.165) is 16.3 Å². The predicted molar refractivity (Wildman–Crippen MR) is 71.9 cm³/mol. The molecule has 0 aromatic carbocycles. The molecule has 0 saturated heterocycles. The molecule has 3 heterocycles. The minimum Gasteiger partial charge on any atom is -0.348 e. The maximum Gasteiger partial charge on any atom is 0.243 e. The summed E-state index contributed by atoms with van der Waals surface area (Å²) in [4.78, 5) is 9.82. The first-order chi connectivity index (χ1) is 8.72. The zero-order valence-corrected chi connectivity index (χ0v) is 11.0. The summed E-state index contributed by atoms with van der Waals surface area (Å²) in [6.07, 6.45) is 1.88. The van der Waals surface area contributed by atoms with Gasteiger partial charge in [0.1, 0.15) is 0 Å². The maximum absolute atomic E-state index is 4.42. The molecule has 3 rings (SSSR count). The molecule has 0 amide bonds. The van der Waals surface area contributed by atoms with Crippen molar-refractivity contribution in [3.8, 4) is 0 Å². The highest BCUT2D eigenvalue weighted by atomic mass is 32.1. The highest BCUT2D eigenvalue weighted by Crippen LogP contribution is 2.13. The lowest BCUT2D eigenvalue weighted by molar-refractivity contribution is 0.910. The first-order valence-electron chi connectivity index (χ1n) is 5.70. The van der Waals surface area contributed by atoms with Crippen LogP contribution in [-0.2, 0) is 6.54 Å². The quantitative estimate of drug-likeness (QED) is 0.784. The predicted octanol–water partition coefficient (Wildman–Crippen LogP) is 2.41. The van der Waals surface area contributed by atoms with Gasteiger partial charge in [0, 0.05) is 16.8 Å². The van der Waals surface area contributed by atoms with E-state index in [1.165, 1.54) is 4.88 Å². The van der Waals surface area contributed by atoms with Crippen LogP contribution in [0.2, 0.25) is 0 Å². The van der Waals surface area contributed by atoms with Gasteiger partial charge in [-0.2, -0.15) is 4.98 Å². The second-order valence-electron chi connectivity index (χ2n) is 4.07. The van der Waals surface area contributed by atoms with Gasteiger partial charge in [-0.25, -0.2) is 9.50 Å². The molecule has 0 aliphatic carbocycles. The van der Waals surface area contributed by atoms with Gasteiger partial charge in [0.15, 0.2) is 5.65 Å². The number of rotatable bonds is 3. The molecule has 6 heteroatoms. The minimum atomic E-state index is 0.648. The number of pyridine rings is 1. The summed E-state index contributed by atoms with van der Waals surface area (Å²) >= 11 is 1.68. The lowest BCUT2D eigenvalue weighted by Gasteiger charge is -1.97. The Kier molecular flexibility index (Phi) is 2.71. The molecule has 92 valence electrons. The van der Waals surface area contributed by atoms with Crippen LogP contribution in [0.25, 0.3) is 5.65 Å². The van der Waals surface area contributed by atoms with Crippen LogP contribution in [0.3, 0.4) is 0 Å². The fourth-order valence-corrected chi connectivity index (χ4v) is 2.50. The van der Waals surface area contributed by atoms with Gasteiger partial charge >= 0.3 is 0 Å². The van der Waals surface area contributed by atoms with Crippen LogP contribution in [0.5, 0.6) is 0 Å². The molecule has 0 atom stereocenters. The zero-order chi connectivity index (χ0) is 12.5. The smallest absolute Gasteiger partial charge is 0.243 e. The molecule has 0 bridgehead atoms. The lowest BCUT2D eigenvalue weighted by Crippen LogP contribution is -2.00. The number of fused-ring (bicyclic) bond motifs is 1. The average molecular weight is 259 g/mol. The number of aromatic nitrogens is 4. The van der Waals surface area contributed by atoms with Crippen LogP contribution in [-0.4, -0.2) is 19.6 Å². The van der Waals surface area contributed by atoms with E-state index in [1.807, 2.05) is 42.8 Å². The Balaban J connectivity index is 1.81. The third-order valence-corrected chi connectivity index (χ3v) is 3.55. The summed E-state index contributed by atoms with van der Waals surface area (Å²) in [6, 6.07) is 5.94. The summed E-state index contributed by atoms with van der Waals surface area (Å²) in [5.41, 5.74) is 1.93. The molecule has 3 aromatic rings. The number of anilines is 1. The molecule has 0 fully saturated rings. The first-order valence-corrected chi connectivity index (χ1v) is 6.51. The van der Waals surface area contributed by atoms with Crippen LogP contribution in [0.1, 0.15) is 15.6 Å². The van der Waals surface area contributed by atoms with E-state index in [9.17, 15) is 0 Å². The van der Waals surface area contributed by atoms with Crippen LogP contribution < -0.4 is 5.32 Å². The second kappa shape index (κ2) is 4.38. The van der Waals surface area contributed by atoms with Crippen molar-refractivity contribution in [1.29, 1.82) is 0 Å². The van der Waals surface area contributed by atoms with Gasteiger partial charge in [0.25, 0.3) is 0 Å².